The summed E-state index contributed by atoms with van der Waals surface area (Å²) in [6.45, 7) is -0.378. The van der Waals surface area contributed by atoms with Crippen molar-refractivity contribution in [1.82, 2.24) is 0 Å². The summed E-state index contributed by atoms with van der Waals surface area (Å²) < 4.78 is 17.6. The van der Waals surface area contributed by atoms with E-state index in [-0.39, 0.29) is 12.8 Å². The molecular weight excluding hydrogens is 270 g/mol. The molecule has 1 unspecified atom stereocenters. The monoisotopic (exact) mass is 280 g/mol. The second-order valence-electron chi connectivity index (χ2n) is 2.83. The van der Waals surface area contributed by atoms with Gasteiger partial charge in [0.05, 0.1) is 6.67 Å². The van der Waals surface area contributed by atoms with Crippen LogP contribution >= 0.6 is 27.5 Å². The molecule has 0 bridgehead atoms. The van der Waals surface area contributed by atoms with Crippen LogP contribution in [0.15, 0.2) is 24.3 Å². The predicted octanol–water partition coefficient (Wildman–Crippen LogP) is 3.84. The van der Waals surface area contributed by atoms with Crippen LogP contribution in [0, 0.1) is 0 Å². The van der Waals surface area contributed by atoms with Crippen molar-refractivity contribution in [1.29, 1.82) is 0 Å². The average Bonchev–Trinajstić information content (AvgIpc) is 2.17. The molecule has 0 saturated heterocycles. The number of alkyl halides is 2. The van der Waals surface area contributed by atoms with E-state index in [0.717, 1.165) is 0 Å². The highest BCUT2D eigenvalue weighted by molar-refractivity contribution is 9.09. The Morgan fingerprint density at radius 1 is 1.50 bits per heavy atom. The molecule has 0 saturated carbocycles. The average molecular weight is 282 g/mol. The Morgan fingerprint density at radius 2 is 2.29 bits per heavy atom. The normalized spacial score (nSPS) is 12.5. The minimum absolute atomic E-state index is 0.140. The molecule has 0 spiro atoms. The molecule has 1 aromatic carbocycles. The van der Waals surface area contributed by atoms with Crippen LogP contribution in [0.3, 0.4) is 0 Å². The zero-order valence-electron chi connectivity index (χ0n) is 7.55. The summed E-state index contributed by atoms with van der Waals surface area (Å²) in [5.74, 6) is 0.676. The molecule has 0 N–H and O–H groups in total. The Hall–Kier alpha value is -0.280. The molecule has 1 atom stereocenters. The number of rotatable bonds is 5. The fraction of sp³-hybridized carbons (Fsp3) is 0.400. The van der Waals surface area contributed by atoms with E-state index in [4.69, 9.17) is 16.3 Å². The van der Waals surface area contributed by atoms with Crippen LogP contribution in [-0.2, 0) is 0 Å². The highest BCUT2D eigenvalue weighted by Crippen LogP contribution is 2.19. The van der Waals surface area contributed by atoms with Crippen molar-refractivity contribution < 1.29 is 9.13 Å². The lowest BCUT2D eigenvalue weighted by atomic mass is 10.3. The van der Waals surface area contributed by atoms with Gasteiger partial charge in [-0.15, -0.1) is 0 Å². The predicted molar refractivity (Wildman–Crippen MR) is 60.3 cm³/mol. The topological polar surface area (TPSA) is 9.23 Å². The maximum atomic E-state index is 12.1. The van der Waals surface area contributed by atoms with Crippen molar-refractivity contribution in [3.63, 3.8) is 0 Å². The molecule has 78 valence electrons. The first-order valence-electron chi connectivity index (χ1n) is 4.30. The zero-order chi connectivity index (χ0) is 10.4. The van der Waals surface area contributed by atoms with Gasteiger partial charge in [0.25, 0.3) is 0 Å². The van der Waals surface area contributed by atoms with Gasteiger partial charge in [0, 0.05) is 16.8 Å². The standard InChI is InChI=1S/C10H11BrClFO/c11-7-10(4-5-13)14-9-3-1-2-8(12)6-9/h1-3,6,10H,4-5,7H2. The SMILES string of the molecule is FCCC(CBr)Oc1cccc(Cl)c1. The quantitative estimate of drug-likeness (QED) is 0.745. The van der Waals surface area contributed by atoms with Crippen molar-refractivity contribution in [2.75, 3.05) is 12.0 Å². The van der Waals surface area contributed by atoms with Crippen LogP contribution in [0.1, 0.15) is 6.42 Å². The molecule has 0 fully saturated rings. The summed E-state index contributed by atoms with van der Waals surface area (Å²) in [7, 11) is 0. The van der Waals surface area contributed by atoms with Gasteiger partial charge in [-0.3, -0.25) is 4.39 Å². The molecule has 0 radical (unpaired) electrons. The van der Waals surface area contributed by atoms with E-state index in [0.29, 0.717) is 22.5 Å². The lowest BCUT2D eigenvalue weighted by Gasteiger charge is -2.15. The largest absolute Gasteiger partial charge is 0.489 e. The summed E-state index contributed by atoms with van der Waals surface area (Å²) in [6.07, 6.45) is 0.246. The van der Waals surface area contributed by atoms with Crippen molar-refractivity contribution in [3.05, 3.63) is 29.3 Å². The summed E-state index contributed by atoms with van der Waals surface area (Å²) >= 11 is 9.05. The molecule has 1 rings (SSSR count). The molecule has 14 heavy (non-hydrogen) atoms. The van der Waals surface area contributed by atoms with Crippen molar-refractivity contribution >= 4 is 27.5 Å². The summed E-state index contributed by atoms with van der Waals surface area (Å²) in [5.41, 5.74) is 0. The lowest BCUT2D eigenvalue weighted by molar-refractivity contribution is 0.203. The van der Waals surface area contributed by atoms with Gasteiger partial charge in [-0.05, 0) is 18.2 Å². The Bertz CT molecular complexity index is 283. The first kappa shape index (κ1) is 11.8. The lowest BCUT2D eigenvalue weighted by Crippen LogP contribution is -2.18. The fourth-order valence-corrected chi connectivity index (χ4v) is 1.66. The third-order valence-corrected chi connectivity index (χ3v) is 2.66. The Morgan fingerprint density at radius 3 is 2.86 bits per heavy atom. The molecule has 1 nitrogen and oxygen atoms in total. The van der Waals surface area contributed by atoms with Gasteiger partial charge in [-0.1, -0.05) is 33.6 Å². The first-order chi connectivity index (χ1) is 6.76. The van der Waals surface area contributed by atoms with Gasteiger partial charge in [0.1, 0.15) is 11.9 Å². The molecule has 0 aliphatic rings. The van der Waals surface area contributed by atoms with E-state index in [2.05, 4.69) is 15.9 Å². The molecule has 4 heteroatoms. The van der Waals surface area contributed by atoms with Crippen LogP contribution in [0.4, 0.5) is 4.39 Å². The highest BCUT2D eigenvalue weighted by atomic mass is 79.9. The molecule has 1 aromatic rings. The molecule has 0 amide bonds. The Kier molecular flexibility index (Phi) is 5.26. The number of ether oxygens (including phenoxy) is 1. The van der Waals surface area contributed by atoms with E-state index < -0.39 is 0 Å². The van der Waals surface area contributed by atoms with Crippen LogP contribution in [0.25, 0.3) is 0 Å². The zero-order valence-corrected chi connectivity index (χ0v) is 9.89. The molecular formula is C10H11BrClFO. The highest BCUT2D eigenvalue weighted by Gasteiger charge is 2.08. The molecule has 0 aliphatic heterocycles. The maximum Gasteiger partial charge on any atom is 0.121 e. The number of benzene rings is 1. The van der Waals surface area contributed by atoms with Crippen LogP contribution in [-0.4, -0.2) is 18.1 Å². The molecule has 0 aliphatic carbocycles. The van der Waals surface area contributed by atoms with E-state index in [1.165, 1.54) is 0 Å². The summed E-state index contributed by atoms with van der Waals surface area (Å²) in [5, 5.41) is 1.24. The second-order valence-corrected chi connectivity index (χ2v) is 3.91. The van der Waals surface area contributed by atoms with Crippen molar-refractivity contribution in [2.45, 2.75) is 12.5 Å². The second kappa shape index (κ2) is 6.25. The van der Waals surface area contributed by atoms with Crippen molar-refractivity contribution in [2.24, 2.45) is 0 Å². The summed E-state index contributed by atoms with van der Waals surface area (Å²) in [6, 6.07) is 7.10. The van der Waals surface area contributed by atoms with E-state index >= 15 is 0 Å². The minimum atomic E-state index is -0.378. The van der Waals surface area contributed by atoms with Crippen LogP contribution in [0.2, 0.25) is 5.02 Å². The third kappa shape index (κ3) is 3.84. The van der Waals surface area contributed by atoms with Gasteiger partial charge in [-0.2, -0.15) is 0 Å². The number of hydrogen-bond acceptors (Lipinski definition) is 1. The van der Waals surface area contributed by atoms with Crippen LogP contribution in [0.5, 0.6) is 5.75 Å². The van der Waals surface area contributed by atoms with E-state index in [1.54, 1.807) is 24.3 Å². The van der Waals surface area contributed by atoms with Gasteiger partial charge < -0.3 is 4.74 Å². The molecule has 0 heterocycles. The Balaban J connectivity index is 2.57. The van der Waals surface area contributed by atoms with Gasteiger partial charge in [0.15, 0.2) is 0 Å². The van der Waals surface area contributed by atoms with Gasteiger partial charge in [-0.25, -0.2) is 0 Å². The van der Waals surface area contributed by atoms with E-state index in [1.807, 2.05) is 0 Å². The van der Waals surface area contributed by atoms with Gasteiger partial charge in [0.2, 0.25) is 0 Å². The Labute approximate surface area is 96.3 Å². The van der Waals surface area contributed by atoms with Crippen LogP contribution < -0.4 is 4.74 Å². The maximum absolute atomic E-state index is 12.1. The summed E-state index contributed by atoms with van der Waals surface area (Å²) in [4.78, 5) is 0. The first-order valence-corrected chi connectivity index (χ1v) is 5.80. The van der Waals surface area contributed by atoms with E-state index in [9.17, 15) is 4.39 Å². The minimum Gasteiger partial charge on any atom is -0.489 e. The smallest absolute Gasteiger partial charge is 0.121 e. The number of halogens is 3. The van der Waals surface area contributed by atoms with Gasteiger partial charge >= 0.3 is 0 Å². The fourth-order valence-electron chi connectivity index (χ4n) is 1.02. The molecule has 0 aromatic heterocycles. The third-order valence-electron chi connectivity index (χ3n) is 1.70. The van der Waals surface area contributed by atoms with Crippen molar-refractivity contribution in [3.8, 4) is 5.75 Å². The number of hydrogen-bond donors (Lipinski definition) is 0.